The van der Waals surface area contributed by atoms with Gasteiger partial charge in [0.2, 0.25) is 0 Å². The zero-order chi connectivity index (χ0) is 13.8. The molecule has 0 heterocycles. The van der Waals surface area contributed by atoms with E-state index >= 15 is 0 Å². The average molecular weight is 323 g/mol. The van der Waals surface area contributed by atoms with E-state index in [-0.39, 0.29) is 0 Å². The van der Waals surface area contributed by atoms with E-state index in [0.29, 0.717) is 46.0 Å². The van der Waals surface area contributed by atoms with Gasteiger partial charge < -0.3 is 15.8 Å². The monoisotopic (exact) mass is 321 g/mol. The Morgan fingerprint density at radius 2 is 1.95 bits per heavy atom. The topological polar surface area (TPSA) is 59.6 Å². The van der Waals surface area contributed by atoms with Gasteiger partial charge in [0, 0.05) is 11.1 Å². The average Bonchev–Trinajstić information content (AvgIpc) is 3.10. The molecule has 0 aliphatic heterocycles. The normalized spacial score (nSPS) is 15.4. The van der Waals surface area contributed by atoms with Crippen molar-refractivity contribution in [3.05, 3.63) is 27.2 Å². The highest BCUT2D eigenvalue weighted by Crippen LogP contribution is 2.35. The van der Waals surface area contributed by atoms with Gasteiger partial charge in [-0.3, -0.25) is 0 Å². The first-order valence-electron chi connectivity index (χ1n) is 5.90. The second-order valence-electron chi connectivity index (χ2n) is 4.23. The zero-order valence-electron chi connectivity index (χ0n) is 10.1. The molecule has 0 aromatic heterocycles. The molecule has 3 N–H and O–H groups in total. The predicted molar refractivity (Wildman–Crippen MR) is 79.6 cm³/mol. The van der Waals surface area contributed by atoms with Crippen LogP contribution in [0.4, 0.5) is 0 Å². The van der Waals surface area contributed by atoms with Crippen molar-refractivity contribution in [1.29, 1.82) is 0 Å². The smallest absolute Gasteiger partial charge is 0.188 e. The largest absolute Gasteiger partial charge is 0.489 e. The van der Waals surface area contributed by atoms with E-state index in [2.05, 4.69) is 10.3 Å². The van der Waals surface area contributed by atoms with Crippen molar-refractivity contribution in [3.8, 4) is 5.75 Å². The molecule has 0 radical (unpaired) electrons. The highest BCUT2D eigenvalue weighted by Gasteiger charge is 2.21. The lowest BCUT2D eigenvalue weighted by Crippen LogP contribution is -2.33. The van der Waals surface area contributed by atoms with Crippen molar-refractivity contribution >= 4 is 40.8 Å². The van der Waals surface area contributed by atoms with Crippen LogP contribution in [0.15, 0.2) is 17.1 Å². The Labute approximate surface area is 126 Å². The second kappa shape index (κ2) is 6.55. The van der Waals surface area contributed by atoms with Gasteiger partial charge in [0.15, 0.2) is 11.7 Å². The van der Waals surface area contributed by atoms with Crippen LogP contribution in [0, 0.1) is 0 Å². The summed E-state index contributed by atoms with van der Waals surface area (Å²) in [6, 6.07) is 3.65. The molecule has 1 aliphatic rings. The highest BCUT2D eigenvalue weighted by molar-refractivity contribution is 6.40. The van der Waals surface area contributed by atoms with Crippen molar-refractivity contribution < 1.29 is 4.74 Å². The molecule has 0 spiro atoms. The fourth-order valence-corrected chi connectivity index (χ4v) is 2.39. The van der Waals surface area contributed by atoms with Crippen LogP contribution in [0.3, 0.4) is 0 Å². The summed E-state index contributed by atoms with van der Waals surface area (Å²) in [6.45, 7) is 0.773. The molecule has 1 aromatic carbocycles. The number of hydrogen-bond donors (Lipinski definition) is 2. The fraction of sp³-hybridized carbons (Fsp3) is 0.417. The summed E-state index contributed by atoms with van der Waals surface area (Å²) in [4.78, 5) is 4.14. The summed E-state index contributed by atoms with van der Waals surface area (Å²) in [7, 11) is 0. The lowest BCUT2D eigenvalue weighted by Gasteiger charge is -2.09. The van der Waals surface area contributed by atoms with Gasteiger partial charge in [-0.05, 0) is 25.0 Å². The quantitative estimate of drug-likeness (QED) is 0.497. The SMILES string of the molecule is NC(=NCCOc1c(Cl)cc(Cl)cc1Cl)NC1CC1. The van der Waals surface area contributed by atoms with Gasteiger partial charge in [-0.15, -0.1) is 0 Å². The maximum absolute atomic E-state index is 5.99. The minimum Gasteiger partial charge on any atom is -0.489 e. The van der Waals surface area contributed by atoms with Gasteiger partial charge in [-0.2, -0.15) is 0 Å². The Kier molecular flexibility index (Phi) is 5.02. The number of hydrogen-bond acceptors (Lipinski definition) is 2. The standard InChI is InChI=1S/C12H14Cl3N3O/c13-7-5-9(14)11(10(15)6-7)19-4-3-17-12(16)18-8-1-2-8/h5-6,8H,1-4H2,(H3,16,17,18). The summed E-state index contributed by atoms with van der Waals surface area (Å²) >= 11 is 17.8. The number of halogens is 3. The Morgan fingerprint density at radius 1 is 1.32 bits per heavy atom. The van der Waals surface area contributed by atoms with E-state index < -0.39 is 0 Å². The molecule has 0 unspecified atom stereocenters. The number of ether oxygens (including phenoxy) is 1. The second-order valence-corrected chi connectivity index (χ2v) is 5.48. The Balaban J connectivity index is 1.82. The number of aliphatic imine (C=N–C) groups is 1. The number of rotatable bonds is 5. The van der Waals surface area contributed by atoms with Gasteiger partial charge >= 0.3 is 0 Å². The summed E-state index contributed by atoms with van der Waals surface area (Å²) in [5, 5.41) is 4.32. The number of nitrogens with one attached hydrogen (secondary N) is 1. The molecule has 104 valence electrons. The molecular weight excluding hydrogens is 309 g/mol. The van der Waals surface area contributed by atoms with Gasteiger partial charge in [-0.1, -0.05) is 34.8 Å². The molecule has 0 bridgehead atoms. The highest BCUT2D eigenvalue weighted by atomic mass is 35.5. The van der Waals surface area contributed by atoms with E-state index in [0.717, 1.165) is 12.8 Å². The molecule has 1 saturated carbocycles. The molecule has 7 heteroatoms. The third-order valence-electron chi connectivity index (χ3n) is 2.51. The third-order valence-corrected chi connectivity index (χ3v) is 3.29. The molecule has 0 atom stereocenters. The molecule has 19 heavy (non-hydrogen) atoms. The lowest BCUT2D eigenvalue weighted by molar-refractivity contribution is 0.329. The number of nitrogens with zero attached hydrogens (tertiary/aromatic N) is 1. The van der Waals surface area contributed by atoms with Gasteiger partial charge in [-0.25, -0.2) is 4.99 Å². The van der Waals surface area contributed by atoms with Gasteiger partial charge in [0.1, 0.15) is 6.61 Å². The first kappa shape index (κ1) is 14.6. The van der Waals surface area contributed by atoms with Crippen LogP contribution in [-0.2, 0) is 0 Å². The lowest BCUT2D eigenvalue weighted by atomic mass is 10.3. The van der Waals surface area contributed by atoms with Crippen molar-refractivity contribution in [2.75, 3.05) is 13.2 Å². The predicted octanol–water partition coefficient (Wildman–Crippen LogP) is 3.09. The van der Waals surface area contributed by atoms with E-state index in [1.165, 1.54) is 0 Å². The Bertz CT molecular complexity index is 466. The van der Waals surface area contributed by atoms with Crippen LogP contribution < -0.4 is 15.8 Å². The van der Waals surface area contributed by atoms with Crippen molar-refractivity contribution in [2.24, 2.45) is 10.7 Å². The molecule has 2 rings (SSSR count). The first-order chi connectivity index (χ1) is 9.06. The van der Waals surface area contributed by atoms with E-state index in [1.54, 1.807) is 12.1 Å². The Hall–Kier alpha value is -0.840. The molecule has 0 amide bonds. The number of nitrogens with two attached hydrogens (primary N) is 1. The zero-order valence-corrected chi connectivity index (χ0v) is 12.4. The Morgan fingerprint density at radius 3 is 2.53 bits per heavy atom. The van der Waals surface area contributed by atoms with Crippen LogP contribution in [-0.4, -0.2) is 25.2 Å². The van der Waals surface area contributed by atoms with Crippen LogP contribution in [0.1, 0.15) is 12.8 Å². The maximum atomic E-state index is 5.99. The molecule has 1 aromatic rings. The maximum Gasteiger partial charge on any atom is 0.188 e. The van der Waals surface area contributed by atoms with E-state index in [4.69, 9.17) is 45.3 Å². The summed E-state index contributed by atoms with van der Waals surface area (Å²) in [5.74, 6) is 0.857. The molecule has 1 aliphatic carbocycles. The minimum atomic E-state index is 0.341. The molecule has 1 fully saturated rings. The number of benzene rings is 1. The summed E-state index contributed by atoms with van der Waals surface area (Å²) in [5.41, 5.74) is 5.69. The van der Waals surface area contributed by atoms with Crippen molar-refractivity contribution in [3.63, 3.8) is 0 Å². The minimum absolute atomic E-state index is 0.341. The van der Waals surface area contributed by atoms with Crippen molar-refractivity contribution in [2.45, 2.75) is 18.9 Å². The van der Waals surface area contributed by atoms with Crippen LogP contribution >= 0.6 is 34.8 Å². The number of guanidine groups is 1. The van der Waals surface area contributed by atoms with Crippen LogP contribution in [0.5, 0.6) is 5.75 Å². The van der Waals surface area contributed by atoms with Gasteiger partial charge in [0.05, 0.1) is 16.6 Å². The van der Waals surface area contributed by atoms with Crippen molar-refractivity contribution in [1.82, 2.24) is 5.32 Å². The third kappa shape index (κ3) is 4.64. The molecular formula is C12H14Cl3N3O. The van der Waals surface area contributed by atoms with Gasteiger partial charge in [0.25, 0.3) is 0 Å². The van der Waals surface area contributed by atoms with E-state index in [1.807, 2.05) is 0 Å². The summed E-state index contributed by atoms with van der Waals surface area (Å²) < 4.78 is 5.48. The van der Waals surface area contributed by atoms with Crippen LogP contribution in [0.2, 0.25) is 15.1 Å². The molecule has 4 nitrogen and oxygen atoms in total. The first-order valence-corrected chi connectivity index (χ1v) is 7.03. The summed E-state index contributed by atoms with van der Waals surface area (Å²) in [6.07, 6.45) is 2.31. The molecule has 0 saturated heterocycles. The fourth-order valence-electron chi connectivity index (χ4n) is 1.46. The van der Waals surface area contributed by atoms with Crippen LogP contribution in [0.25, 0.3) is 0 Å². The van der Waals surface area contributed by atoms with E-state index in [9.17, 15) is 0 Å².